The van der Waals surface area contributed by atoms with Crippen LogP contribution in [-0.4, -0.2) is 0 Å². The van der Waals surface area contributed by atoms with Crippen molar-refractivity contribution in [3.05, 3.63) is 58.7 Å². The molecular formula is C22H30. The number of allylic oxidation sites excluding steroid dienone is 4. The maximum atomic E-state index is 2.48. The zero-order chi connectivity index (χ0) is 15.4. The second kappa shape index (κ2) is 7.31. The molecule has 2 aliphatic carbocycles. The van der Waals surface area contributed by atoms with E-state index in [1.165, 1.54) is 62.5 Å². The highest BCUT2D eigenvalue weighted by Gasteiger charge is 2.13. The van der Waals surface area contributed by atoms with Crippen molar-refractivity contribution in [2.24, 2.45) is 11.8 Å². The van der Waals surface area contributed by atoms with Gasteiger partial charge in [-0.2, -0.15) is 0 Å². The molecule has 0 aromatic heterocycles. The molecule has 0 heteroatoms. The molecule has 2 atom stereocenters. The zero-order valence-corrected chi connectivity index (χ0v) is 14.3. The van der Waals surface area contributed by atoms with E-state index in [0.717, 1.165) is 11.8 Å². The lowest BCUT2D eigenvalue weighted by atomic mass is 9.85. The zero-order valence-electron chi connectivity index (χ0n) is 14.3. The van der Waals surface area contributed by atoms with Crippen LogP contribution in [-0.2, 0) is 12.8 Å². The average molecular weight is 294 g/mol. The molecule has 0 bridgehead atoms. The van der Waals surface area contributed by atoms with Crippen LogP contribution in [0.5, 0.6) is 0 Å². The van der Waals surface area contributed by atoms with Crippen molar-refractivity contribution in [3.8, 4) is 0 Å². The number of hydrogen-bond acceptors (Lipinski definition) is 0. The smallest absolute Gasteiger partial charge is 0.00671 e. The van der Waals surface area contributed by atoms with Crippen LogP contribution in [0.2, 0.25) is 0 Å². The van der Waals surface area contributed by atoms with Crippen molar-refractivity contribution < 1.29 is 0 Å². The van der Waals surface area contributed by atoms with Crippen molar-refractivity contribution in [3.63, 3.8) is 0 Å². The summed E-state index contributed by atoms with van der Waals surface area (Å²) in [6.07, 6.45) is 15.3. The van der Waals surface area contributed by atoms with Gasteiger partial charge < -0.3 is 0 Å². The van der Waals surface area contributed by atoms with Gasteiger partial charge in [-0.15, -0.1) is 0 Å². The summed E-state index contributed by atoms with van der Waals surface area (Å²) in [6, 6.07) is 9.45. The van der Waals surface area contributed by atoms with Gasteiger partial charge in [-0.05, 0) is 81.3 Å². The Morgan fingerprint density at radius 3 is 2.32 bits per heavy atom. The first-order valence-electron chi connectivity index (χ1n) is 9.10. The van der Waals surface area contributed by atoms with Gasteiger partial charge in [0.2, 0.25) is 0 Å². The van der Waals surface area contributed by atoms with E-state index < -0.39 is 0 Å². The Labute approximate surface area is 136 Å². The summed E-state index contributed by atoms with van der Waals surface area (Å²) in [5.74, 6) is 1.75. The highest BCUT2D eigenvalue weighted by Crippen LogP contribution is 2.28. The fraction of sp³-hybridized carbons (Fsp3) is 0.545. The Bertz CT molecular complexity index is 544. The Hall–Kier alpha value is -1.30. The molecule has 118 valence electrons. The minimum absolute atomic E-state index is 0.858. The third-order valence-electron chi connectivity index (χ3n) is 5.49. The van der Waals surface area contributed by atoms with Crippen molar-refractivity contribution in [1.82, 2.24) is 0 Å². The molecule has 2 unspecified atom stereocenters. The van der Waals surface area contributed by atoms with Gasteiger partial charge in [-0.3, -0.25) is 0 Å². The van der Waals surface area contributed by atoms with Crippen molar-refractivity contribution in [2.75, 3.05) is 0 Å². The highest BCUT2D eigenvalue weighted by molar-refractivity contribution is 5.27. The lowest BCUT2D eigenvalue weighted by Gasteiger charge is -2.21. The Morgan fingerprint density at radius 1 is 0.909 bits per heavy atom. The van der Waals surface area contributed by atoms with Gasteiger partial charge in [0, 0.05) is 0 Å². The molecular weight excluding hydrogens is 264 g/mol. The normalized spacial score (nSPS) is 25.5. The fourth-order valence-electron chi connectivity index (χ4n) is 3.77. The standard InChI is InChI=1S/C22H30/c1-17-3-7-19(8-4-17)15-21-11-13-22(14-12-21)16-20-9-5-18(2)6-10-20/h3,9,11-14,18-19H,4-8,10,15-16H2,1-2H3. The lowest BCUT2D eigenvalue weighted by molar-refractivity contribution is 0.467. The van der Waals surface area contributed by atoms with Gasteiger partial charge in [0.15, 0.2) is 0 Å². The van der Waals surface area contributed by atoms with E-state index in [1.807, 2.05) is 0 Å². The van der Waals surface area contributed by atoms with Crippen LogP contribution in [0.3, 0.4) is 0 Å². The molecule has 3 rings (SSSR count). The molecule has 0 fully saturated rings. The molecule has 0 spiro atoms. The molecule has 0 radical (unpaired) electrons. The largest absolute Gasteiger partial charge is 0.0853 e. The Morgan fingerprint density at radius 2 is 1.68 bits per heavy atom. The molecule has 0 aliphatic heterocycles. The minimum Gasteiger partial charge on any atom is -0.0853 e. The van der Waals surface area contributed by atoms with Crippen LogP contribution in [0, 0.1) is 11.8 Å². The van der Waals surface area contributed by atoms with E-state index in [2.05, 4.69) is 50.3 Å². The number of benzene rings is 1. The molecule has 0 saturated carbocycles. The molecule has 1 aromatic rings. The predicted molar refractivity (Wildman–Crippen MR) is 96.0 cm³/mol. The van der Waals surface area contributed by atoms with Crippen LogP contribution in [0.4, 0.5) is 0 Å². The van der Waals surface area contributed by atoms with Crippen molar-refractivity contribution in [1.29, 1.82) is 0 Å². The van der Waals surface area contributed by atoms with Crippen molar-refractivity contribution in [2.45, 2.75) is 65.2 Å². The van der Waals surface area contributed by atoms with Crippen LogP contribution < -0.4 is 0 Å². The van der Waals surface area contributed by atoms with E-state index in [-0.39, 0.29) is 0 Å². The quantitative estimate of drug-likeness (QED) is 0.574. The third kappa shape index (κ3) is 4.35. The monoisotopic (exact) mass is 294 g/mol. The summed E-state index contributed by atoms with van der Waals surface area (Å²) in [4.78, 5) is 0. The molecule has 22 heavy (non-hydrogen) atoms. The first-order chi connectivity index (χ1) is 10.7. The van der Waals surface area contributed by atoms with E-state index in [4.69, 9.17) is 0 Å². The second-order valence-electron chi connectivity index (χ2n) is 7.63. The summed E-state index contributed by atoms with van der Waals surface area (Å²) in [5.41, 5.74) is 6.25. The number of rotatable bonds is 4. The molecule has 1 aromatic carbocycles. The van der Waals surface area contributed by atoms with E-state index in [9.17, 15) is 0 Å². The van der Waals surface area contributed by atoms with Gasteiger partial charge in [-0.25, -0.2) is 0 Å². The van der Waals surface area contributed by atoms with E-state index in [0.29, 0.717) is 0 Å². The maximum Gasteiger partial charge on any atom is -0.00671 e. The summed E-state index contributed by atoms with van der Waals surface area (Å²) < 4.78 is 0. The first-order valence-corrected chi connectivity index (χ1v) is 9.10. The topological polar surface area (TPSA) is 0 Å². The number of hydrogen-bond donors (Lipinski definition) is 0. The summed E-state index contributed by atoms with van der Waals surface area (Å²) in [5, 5.41) is 0. The van der Waals surface area contributed by atoms with Gasteiger partial charge in [0.1, 0.15) is 0 Å². The van der Waals surface area contributed by atoms with Gasteiger partial charge in [0.05, 0.1) is 0 Å². The maximum absolute atomic E-state index is 2.48. The molecule has 0 N–H and O–H groups in total. The van der Waals surface area contributed by atoms with Gasteiger partial charge >= 0.3 is 0 Å². The van der Waals surface area contributed by atoms with E-state index in [1.54, 1.807) is 11.1 Å². The van der Waals surface area contributed by atoms with E-state index >= 15 is 0 Å². The molecule has 0 nitrogen and oxygen atoms in total. The summed E-state index contributed by atoms with van der Waals surface area (Å²) >= 11 is 0. The van der Waals surface area contributed by atoms with Crippen LogP contribution in [0.1, 0.15) is 63.5 Å². The highest BCUT2D eigenvalue weighted by atomic mass is 14.2. The Balaban J connectivity index is 1.54. The lowest BCUT2D eigenvalue weighted by Crippen LogP contribution is -2.08. The summed E-state index contributed by atoms with van der Waals surface area (Å²) in [6.45, 7) is 4.63. The second-order valence-corrected chi connectivity index (χ2v) is 7.63. The van der Waals surface area contributed by atoms with Crippen LogP contribution >= 0.6 is 0 Å². The third-order valence-corrected chi connectivity index (χ3v) is 5.49. The first kappa shape index (κ1) is 15.6. The summed E-state index contributed by atoms with van der Waals surface area (Å²) in [7, 11) is 0. The minimum atomic E-state index is 0.858. The molecule has 0 saturated heterocycles. The van der Waals surface area contributed by atoms with Gasteiger partial charge in [0.25, 0.3) is 0 Å². The SMILES string of the molecule is CC1=CCC(Cc2ccc(CC3=CCC(C)CC3)cc2)CC1. The predicted octanol–water partition coefficient (Wildman–Crippen LogP) is 6.26. The Kier molecular flexibility index (Phi) is 5.18. The van der Waals surface area contributed by atoms with Crippen molar-refractivity contribution >= 4 is 0 Å². The van der Waals surface area contributed by atoms with Crippen LogP contribution in [0.25, 0.3) is 0 Å². The van der Waals surface area contributed by atoms with Crippen LogP contribution in [0.15, 0.2) is 47.6 Å². The molecule has 0 amide bonds. The average Bonchev–Trinajstić information content (AvgIpc) is 2.54. The molecule has 0 heterocycles. The molecule has 2 aliphatic rings. The fourth-order valence-corrected chi connectivity index (χ4v) is 3.77. The van der Waals surface area contributed by atoms with Gasteiger partial charge in [-0.1, -0.05) is 54.5 Å².